The fraction of sp³-hybridized carbons (Fsp3) is 0.217. The van der Waals surface area contributed by atoms with Crippen LogP contribution in [0.4, 0.5) is 5.69 Å². The molecule has 0 saturated carbocycles. The summed E-state index contributed by atoms with van der Waals surface area (Å²) in [6.45, 7) is 17.5. The summed E-state index contributed by atoms with van der Waals surface area (Å²) >= 11 is 0. The van der Waals surface area contributed by atoms with E-state index in [1.165, 1.54) is 33.0 Å². The van der Waals surface area contributed by atoms with Crippen molar-refractivity contribution in [3.63, 3.8) is 0 Å². The Morgan fingerprint density at radius 3 is 2.08 bits per heavy atom. The Kier molecular flexibility index (Phi) is 4.19. The van der Waals surface area contributed by atoms with Crippen molar-refractivity contribution in [1.29, 1.82) is 0 Å². The van der Waals surface area contributed by atoms with Gasteiger partial charge in [0, 0.05) is 11.6 Å². The van der Waals surface area contributed by atoms with E-state index in [1.54, 1.807) is 0 Å². The number of rotatable bonds is 3. The van der Waals surface area contributed by atoms with Crippen molar-refractivity contribution in [1.82, 2.24) is 0 Å². The van der Waals surface area contributed by atoms with E-state index in [0.717, 1.165) is 16.1 Å². The molecule has 0 radical (unpaired) electrons. The normalized spacial score (nSPS) is 11.2. The zero-order valence-corrected chi connectivity index (χ0v) is 15.0. The molecule has 0 saturated heterocycles. The number of benzene rings is 3. The van der Waals surface area contributed by atoms with Crippen molar-refractivity contribution in [2.75, 3.05) is 5.32 Å². The van der Waals surface area contributed by atoms with Gasteiger partial charge in [0.15, 0.2) is 0 Å². The van der Waals surface area contributed by atoms with E-state index >= 15 is 0 Å². The van der Waals surface area contributed by atoms with Gasteiger partial charge in [-0.2, -0.15) is 0 Å². The minimum atomic E-state index is 0.329. The third-order valence-corrected chi connectivity index (χ3v) is 4.74. The molecule has 1 nitrogen and oxygen atoms in total. The van der Waals surface area contributed by atoms with Crippen LogP contribution in [0.2, 0.25) is 0 Å². The Bertz CT molecular complexity index is 1010. The number of nitrogens with one attached hydrogen (secondary N) is 1. The van der Waals surface area contributed by atoms with Crippen molar-refractivity contribution >= 4 is 29.6 Å². The molecule has 0 bridgehead atoms. The van der Waals surface area contributed by atoms with Gasteiger partial charge in [-0.05, 0) is 65.6 Å². The molecular weight excluding hydrogens is 290 g/mol. The van der Waals surface area contributed by atoms with E-state index in [1.807, 2.05) is 0 Å². The first kappa shape index (κ1) is 16.3. The Balaban J connectivity index is 2.50. The molecule has 3 rings (SSSR count). The molecule has 0 aliphatic carbocycles. The fourth-order valence-corrected chi connectivity index (χ4v) is 3.35. The molecule has 0 aliphatic heterocycles. The predicted molar refractivity (Wildman–Crippen MR) is 108 cm³/mol. The minimum absolute atomic E-state index is 0.329. The average Bonchev–Trinajstić information content (AvgIpc) is 2.56. The van der Waals surface area contributed by atoms with Crippen LogP contribution >= 0.6 is 0 Å². The van der Waals surface area contributed by atoms with Crippen LogP contribution in [-0.2, 0) is 0 Å². The van der Waals surface area contributed by atoms with Crippen LogP contribution in [0.25, 0.3) is 35.1 Å². The third kappa shape index (κ3) is 2.60. The molecule has 0 aliphatic rings. The van der Waals surface area contributed by atoms with Crippen molar-refractivity contribution in [3.8, 4) is 11.1 Å². The van der Waals surface area contributed by atoms with Gasteiger partial charge in [-0.25, -0.2) is 0 Å². The molecule has 3 aromatic carbocycles. The Labute approximate surface area is 144 Å². The summed E-state index contributed by atoms with van der Waals surface area (Å²) < 4.78 is 0. The fourth-order valence-electron chi connectivity index (χ4n) is 3.35. The van der Waals surface area contributed by atoms with E-state index < -0.39 is 0 Å². The van der Waals surface area contributed by atoms with Gasteiger partial charge in [0.05, 0.1) is 5.69 Å². The van der Waals surface area contributed by atoms with Gasteiger partial charge in [0.2, 0.25) is 0 Å². The second-order valence-electron chi connectivity index (χ2n) is 6.80. The zero-order valence-electron chi connectivity index (χ0n) is 15.0. The maximum atomic E-state index is 4.44. The van der Waals surface area contributed by atoms with Crippen molar-refractivity contribution in [2.45, 2.75) is 33.7 Å². The first-order valence-corrected chi connectivity index (χ1v) is 8.47. The van der Waals surface area contributed by atoms with Crippen LogP contribution in [0.15, 0.2) is 42.5 Å². The summed E-state index contributed by atoms with van der Waals surface area (Å²) in [4.78, 5) is 0. The molecule has 0 atom stereocenters. The standard InChI is InChI=1S/C23H25N/c1-14(2)24-23-18(6)20-12-8-7-11-19(20)17(5)22(23)21-13-9-10-15(3)16(21)4/h7-14,24H,5-6H2,1-4H3. The first-order chi connectivity index (χ1) is 11.4. The third-order valence-electron chi connectivity index (χ3n) is 4.74. The lowest BCUT2D eigenvalue weighted by atomic mass is 9.90. The maximum absolute atomic E-state index is 4.44. The lowest BCUT2D eigenvalue weighted by Crippen LogP contribution is -2.23. The second-order valence-corrected chi connectivity index (χ2v) is 6.80. The summed E-state index contributed by atoms with van der Waals surface area (Å²) in [5, 5.41) is 8.07. The van der Waals surface area contributed by atoms with Crippen LogP contribution in [0, 0.1) is 13.8 Å². The van der Waals surface area contributed by atoms with E-state index in [4.69, 9.17) is 0 Å². The highest BCUT2D eigenvalue weighted by Gasteiger charge is 2.15. The van der Waals surface area contributed by atoms with Crippen molar-refractivity contribution in [3.05, 3.63) is 64.0 Å². The molecule has 0 spiro atoms. The molecule has 0 heterocycles. The molecule has 1 heteroatoms. The second kappa shape index (κ2) is 6.16. The molecule has 0 fully saturated rings. The zero-order chi connectivity index (χ0) is 17.4. The van der Waals surface area contributed by atoms with Gasteiger partial charge in [-0.15, -0.1) is 0 Å². The van der Waals surface area contributed by atoms with Gasteiger partial charge in [-0.3, -0.25) is 0 Å². The maximum Gasteiger partial charge on any atom is 0.0501 e. The number of aryl methyl sites for hydroxylation is 1. The van der Waals surface area contributed by atoms with Crippen LogP contribution in [-0.4, -0.2) is 6.04 Å². The van der Waals surface area contributed by atoms with Crippen LogP contribution < -0.4 is 15.8 Å². The SMILES string of the molecule is C=c1c(NC(C)C)c(-c2cccc(C)c2C)c(=C)c2ccccc12. The Morgan fingerprint density at radius 1 is 0.833 bits per heavy atom. The van der Waals surface area contributed by atoms with Gasteiger partial charge in [0.25, 0.3) is 0 Å². The smallest absolute Gasteiger partial charge is 0.0501 e. The quantitative estimate of drug-likeness (QED) is 0.734. The number of hydrogen-bond donors (Lipinski definition) is 1. The van der Waals surface area contributed by atoms with Crippen LogP contribution in [0.3, 0.4) is 0 Å². The summed E-state index contributed by atoms with van der Waals surface area (Å²) in [6.07, 6.45) is 0. The van der Waals surface area contributed by atoms with E-state index in [2.05, 4.69) is 88.6 Å². The van der Waals surface area contributed by atoms with E-state index in [-0.39, 0.29) is 0 Å². The molecule has 0 unspecified atom stereocenters. The summed E-state index contributed by atoms with van der Waals surface area (Å²) in [5.41, 5.74) is 6.10. The summed E-state index contributed by atoms with van der Waals surface area (Å²) in [5.74, 6) is 0. The molecule has 0 aromatic heterocycles. The van der Waals surface area contributed by atoms with Crippen LogP contribution in [0.1, 0.15) is 25.0 Å². The molecule has 122 valence electrons. The molecular formula is C23H25N. The topological polar surface area (TPSA) is 12.0 Å². The minimum Gasteiger partial charge on any atom is -0.382 e. The van der Waals surface area contributed by atoms with Gasteiger partial charge >= 0.3 is 0 Å². The highest BCUT2D eigenvalue weighted by atomic mass is 14.9. The number of anilines is 1. The monoisotopic (exact) mass is 315 g/mol. The molecule has 0 amide bonds. The summed E-state index contributed by atoms with van der Waals surface area (Å²) in [6, 6.07) is 15.2. The molecule has 3 aromatic rings. The largest absolute Gasteiger partial charge is 0.382 e. The molecule has 24 heavy (non-hydrogen) atoms. The van der Waals surface area contributed by atoms with Crippen LogP contribution in [0.5, 0.6) is 0 Å². The average molecular weight is 315 g/mol. The number of fused-ring (bicyclic) bond motifs is 1. The lowest BCUT2D eigenvalue weighted by Gasteiger charge is -2.20. The van der Waals surface area contributed by atoms with Crippen molar-refractivity contribution in [2.24, 2.45) is 0 Å². The Hall–Kier alpha value is -2.54. The predicted octanol–water partition coefficient (Wildman–Crippen LogP) is 4.76. The van der Waals surface area contributed by atoms with Gasteiger partial charge in [-0.1, -0.05) is 55.6 Å². The highest BCUT2D eigenvalue weighted by Crippen LogP contribution is 2.29. The lowest BCUT2D eigenvalue weighted by molar-refractivity contribution is 0.899. The summed E-state index contributed by atoms with van der Waals surface area (Å²) in [7, 11) is 0. The van der Waals surface area contributed by atoms with Gasteiger partial charge in [0.1, 0.15) is 0 Å². The van der Waals surface area contributed by atoms with Crippen molar-refractivity contribution < 1.29 is 0 Å². The Morgan fingerprint density at radius 2 is 1.46 bits per heavy atom. The highest BCUT2D eigenvalue weighted by molar-refractivity contribution is 5.96. The first-order valence-electron chi connectivity index (χ1n) is 8.47. The molecule has 1 N–H and O–H groups in total. The van der Waals surface area contributed by atoms with Gasteiger partial charge < -0.3 is 5.32 Å². The van der Waals surface area contributed by atoms with E-state index in [9.17, 15) is 0 Å². The van der Waals surface area contributed by atoms with E-state index in [0.29, 0.717) is 6.04 Å². The number of hydrogen-bond acceptors (Lipinski definition) is 1.